The Balaban J connectivity index is 3.01. The lowest BCUT2D eigenvalue weighted by Gasteiger charge is -2.03. The van der Waals surface area contributed by atoms with Gasteiger partial charge in [0, 0.05) is 0 Å². The van der Waals surface area contributed by atoms with E-state index in [1.165, 1.54) is 0 Å². The SMILES string of the molecule is COc1cc(C#N)cc(CCN)c1. The monoisotopic (exact) mass is 176 g/mol. The Morgan fingerprint density at radius 2 is 2.23 bits per heavy atom. The third-order valence-electron chi connectivity index (χ3n) is 1.76. The Bertz CT molecular complexity index is 328. The lowest BCUT2D eigenvalue weighted by atomic mass is 10.1. The summed E-state index contributed by atoms with van der Waals surface area (Å²) in [5.74, 6) is 0.711. The van der Waals surface area contributed by atoms with Crippen LogP contribution in [-0.2, 0) is 6.42 Å². The maximum Gasteiger partial charge on any atom is 0.120 e. The molecule has 0 saturated heterocycles. The molecule has 68 valence electrons. The first-order valence-electron chi connectivity index (χ1n) is 4.08. The molecule has 0 radical (unpaired) electrons. The summed E-state index contributed by atoms with van der Waals surface area (Å²) in [6.45, 7) is 0.581. The summed E-state index contributed by atoms with van der Waals surface area (Å²) in [5.41, 5.74) is 7.07. The van der Waals surface area contributed by atoms with Gasteiger partial charge in [-0.2, -0.15) is 5.26 Å². The van der Waals surface area contributed by atoms with Crippen LogP contribution in [0.2, 0.25) is 0 Å². The summed E-state index contributed by atoms with van der Waals surface area (Å²) in [4.78, 5) is 0. The van der Waals surface area contributed by atoms with Gasteiger partial charge in [0.05, 0.1) is 18.7 Å². The van der Waals surface area contributed by atoms with Gasteiger partial charge >= 0.3 is 0 Å². The van der Waals surface area contributed by atoms with Gasteiger partial charge in [0.25, 0.3) is 0 Å². The maximum absolute atomic E-state index is 8.71. The number of benzene rings is 1. The molecule has 0 aromatic heterocycles. The highest BCUT2D eigenvalue weighted by Gasteiger charge is 1.99. The highest BCUT2D eigenvalue weighted by Crippen LogP contribution is 2.16. The van der Waals surface area contributed by atoms with Gasteiger partial charge in [0.1, 0.15) is 5.75 Å². The van der Waals surface area contributed by atoms with Crippen LogP contribution in [-0.4, -0.2) is 13.7 Å². The zero-order chi connectivity index (χ0) is 9.68. The van der Waals surface area contributed by atoms with Crippen LogP contribution >= 0.6 is 0 Å². The minimum absolute atomic E-state index is 0.581. The van der Waals surface area contributed by atoms with Gasteiger partial charge in [-0.15, -0.1) is 0 Å². The topological polar surface area (TPSA) is 59.0 Å². The minimum atomic E-state index is 0.581. The number of nitriles is 1. The van der Waals surface area contributed by atoms with Crippen molar-refractivity contribution in [3.8, 4) is 11.8 Å². The van der Waals surface area contributed by atoms with E-state index in [4.69, 9.17) is 15.7 Å². The Morgan fingerprint density at radius 3 is 2.77 bits per heavy atom. The van der Waals surface area contributed by atoms with Crippen LogP contribution in [0, 0.1) is 11.3 Å². The first-order chi connectivity index (χ1) is 6.30. The van der Waals surface area contributed by atoms with Gasteiger partial charge < -0.3 is 10.5 Å². The number of nitrogens with two attached hydrogens (primary N) is 1. The number of rotatable bonds is 3. The molecule has 0 aliphatic carbocycles. The van der Waals surface area contributed by atoms with Crippen molar-refractivity contribution < 1.29 is 4.74 Å². The molecule has 0 aliphatic heterocycles. The summed E-state index contributed by atoms with van der Waals surface area (Å²) in [5, 5.41) is 8.71. The molecule has 1 rings (SSSR count). The van der Waals surface area contributed by atoms with Crippen molar-refractivity contribution in [1.82, 2.24) is 0 Å². The third-order valence-corrected chi connectivity index (χ3v) is 1.76. The van der Waals surface area contributed by atoms with Gasteiger partial charge in [0.2, 0.25) is 0 Å². The summed E-state index contributed by atoms with van der Waals surface area (Å²) >= 11 is 0. The molecular formula is C10H12N2O. The van der Waals surface area contributed by atoms with E-state index in [0.717, 1.165) is 12.0 Å². The predicted octanol–water partition coefficient (Wildman–Crippen LogP) is 1.07. The summed E-state index contributed by atoms with van der Waals surface area (Å²) in [6, 6.07) is 7.51. The van der Waals surface area contributed by atoms with E-state index < -0.39 is 0 Å². The second-order valence-electron chi connectivity index (χ2n) is 2.72. The Labute approximate surface area is 77.7 Å². The van der Waals surface area contributed by atoms with Crippen molar-refractivity contribution in [2.45, 2.75) is 6.42 Å². The molecule has 0 unspecified atom stereocenters. The molecule has 0 saturated carbocycles. The van der Waals surface area contributed by atoms with Gasteiger partial charge in [-0.05, 0) is 36.7 Å². The van der Waals surface area contributed by atoms with Crippen molar-refractivity contribution in [2.24, 2.45) is 5.73 Å². The quantitative estimate of drug-likeness (QED) is 0.749. The highest BCUT2D eigenvalue weighted by molar-refractivity contribution is 5.40. The van der Waals surface area contributed by atoms with E-state index in [1.54, 1.807) is 13.2 Å². The molecule has 2 N–H and O–H groups in total. The molecular weight excluding hydrogens is 164 g/mol. The number of ether oxygens (including phenoxy) is 1. The van der Waals surface area contributed by atoms with Crippen molar-refractivity contribution in [1.29, 1.82) is 5.26 Å². The molecule has 0 amide bonds. The third kappa shape index (κ3) is 2.46. The fraction of sp³-hybridized carbons (Fsp3) is 0.300. The molecule has 0 bridgehead atoms. The van der Waals surface area contributed by atoms with Crippen LogP contribution < -0.4 is 10.5 Å². The van der Waals surface area contributed by atoms with Gasteiger partial charge in [0.15, 0.2) is 0 Å². The van der Waals surface area contributed by atoms with Crippen molar-refractivity contribution in [3.63, 3.8) is 0 Å². The van der Waals surface area contributed by atoms with E-state index in [9.17, 15) is 0 Å². The Kier molecular flexibility index (Phi) is 3.30. The molecule has 13 heavy (non-hydrogen) atoms. The van der Waals surface area contributed by atoms with E-state index in [0.29, 0.717) is 17.9 Å². The van der Waals surface area contributed by atoms with Gasteiger partial charge in [-0.25, -0.2) is 0 Å². The molecule has 3 heteroatoms. The van der Waals surface area contributed by atoms with Crippen LogP contribution in [0.4, 0.5) is 0 Å². The Hall–Kier alpha value is -1.53. The van der Waals surface area contributed by atoms with E-state index in [-0.39, 0.29) is 0 Å². The lowest BCUT2D eigenvalue weighted by molar-refractivity contribution is 0.414. The van der Waals surface area contributed by atoms with Crippen molar-refractivity contribution in [3.05, 3.63) is 29.3 Å². The van der Waals surface area contributed by atoms with Crippen molar-refractivity contribution >= 4 is 0 Å². The van der Waals surface area contributed by atoms with Crippen LogP contribution in [0.1, 0.15) is 11.1 Å². The molecule has 0 fully saturated rings. The predicted molar refractivity (Wildman–Crippen MR) is 50.5 cm³/mol. The molecule has 1 aromatic carbocycles. The standard InChI is InChI=1S/C10H12N2O/c1-13-10-5-8(2-3-11)4-9(6-10)7-12/h4-6H,2-3,11H2,1H3. The van der Waals surface area contributed by atoms with Crippen LogP contribution in [0.3, 0.4) is 0 Å². The second-order valence-corrected chi connectivity index (χ2v) is 2.72. The van der Waals surface area contributed by atoms with Gasteiger partial charge in [-0.1, -0.05) is 0 Å². The maximum atomic E-state index is 8.71. The first-order valence-corrected chi connectivity index (χ1v) is 4.08. The van der Waals surface area contributed by atoms with Crippen LogP contribution in [0.25, 0.3) is 0 Å². The fourth-order valence-electron chi connectivity index (χ4n) is 1.15. The molecule has 0 aliphatic rings. The number of hydrogen-bond acceptors (Lipinski definition) is 3. The van der Waals surface area contributed by atoms with Crippen molar-refractivity contribution in [2.75, 3.05) is 13.7 Å². The van der Waals surface area contributed by atoms with E-state index in [2.05, 4.69) is 6.07 Å². The first kappa shape index (κ1) is 9.56. The average molecular weight is 176 g/mol. The smallest absolute Gasteiger partial charge is 0.120 e. The lowest BCUT2D eigenvalue weighted by Crippen LogP contribution is -2.03. The van der Waals surface area contributed by atoms with E-state index in [1.807, 2.05) is 12.1 Å². The summed E-state index contributed by atoms with van der Waals surface area (Å²) in [6.07, 6.45) is 0.770. The number of hydrogen-bond donors (Lipinski definition) is 1. The summed E-state index contributed by atoms with van der Waals surface area (Å²) in [7, 11) is 1.59. The molecule has 0 heterocycles. The number of nitrogens with zero attached hydrogens (tertiary/aromatic N) is 1. The average Bonchev–Trinajstić information content (AvgIpc) is 2.17. The normalized spacial score (nSPS) is 9.31. The van der Waals surface area contributed by atoms with Crippen LogP contribution in [0.5, 0.6) is 5.75 Å². The molecule has 0 atom stereocenters. The molecule has 1 aromatic rings. The molecule has 0 spiro atoms. The zero-order valence-corrected chi connectivity index (χ0v) is 7.58. The molecule has 3 nitrogen and oxygen atoms in total. The largest absolute Gasteiger partial charge is 0.497 e. The minimum Gasteiger partial charge on any atom is -0.497 e. The van der Waals surface area contributed by atoms with Crippen LogP contribution in [0.15, 0.2) is 18.2 Å². The van der Waals surface area contributed by atoms with Gasteiger partial charge in [-0.3, -0.25) is 0 Å². The summed E-state index contributed by atoms with van der Waals surface area (Å²) < 4.78 is 5.05. The Morgan fingerprint density at radius 1 is 1.46 bits per heavy atom. The fourth-order valence-corrected chi connectivity index (χ4v) is 1.15. The van der Waals surface area contributed by atoms with E-state index >= 15 is 0 Å². The number of methoxy groups -OCH3 is 1. The zero-order valence-electron chi connectivity index (χ0n) is 7.58. The highest BCUT2D eigenvalue weighted by atomic mass is 16.5. The second kappa shape index (κ2) is 4.48.